The van der Waals surface area contributed by atoms with E-state index in [-0.39, 0.29) is 5.91 Å². The summed E-state index contributed by atoms with van der Waals surface area (Å²) in [5.41, 5.74) is 4.14. The first-order valence-electron chi connectivity index (χ1n) is 8.75. The zero-order chi connectivity index (χ0) is 17.9. The van der Waals surface area contributed by atoms with Crippen molar-refractivity contribution in [3.05, 3.63) is 48.0 Å². The number of ether oxygens (including phenoxy) is 1. The van der Waals surface area contributed by atoms with Gasteiger partial charge in [-0.2, -0.15) is 0 Å². The van der Waals surface area contributed by atoms with Gasteiger partial charge in [-0.15, -0.1) is 11.3 Å². The lowest BCUT2D eigenvalue weighted by Crippen LogP contribution is -2.41. The number of carbonyl (C=O) groups is 1. The van der Waals surface area contributed by atoms with Crippen molar-refractivity contribution in [3.63, 3.8) is 0 Å². The van der Waals surface area contributed by atoms with E-state index < -0.39 is 0 Å². The lowest BCUT2D eigenvalue weighted by molar-refractivity contribution is -0.118. The number of rotatable bonds is 4. The molecule has 0 radical (unpaired) electrons. The SMILES string of the molecule is Cc1ccc2nc(-c3ccc(NC(=O)CN4CCOCC4)cc3)sc2c1. The number of fused-ring (bicyclic) bond motifs is 1. The second kappa shape index (κ2) is 7.53. The average molecular weight is 367 g/mol. The normalized spacial score (nSPS) is 15.3. The van der Waals surface area contributed by atoms with Gasteiger partial charge in [0.25, 0.3) is 0 Å². The summed E-state index contributed by atoms with van der Waals surface area (Å²) < 4.78 is 6.50. The Kier molecular flexibility index (Phi) is 4.97. The summed E-state index contributed by atoms with van der Waals surface area (Å²) in [6.07, 6.45) is 0. The van der Waals surface area contributed by atoms with Crippen molar-refractivity contribution in [1.29, 1.82) is 0 Å². The minimum absolute atomic E-state index is 0.00936. The van der Waals surface area contributed by atoms with Gasteiger partial charge in [0.1, 0.15) is 5.01 Å². The lowest BCUT2D eigenvalue weighted by atomic mass is 10.2. The first kappa shape index (κ1) is 17.1. The highest BCUT2D eigenvalue weighted by Gasteiger charge is 2.14. The molecular weight excluding hydrogens is 346 g/mol. The van der Waals surface area contributed by atoms with Crippen LogP contribution >= 0.6 is 11.3 Å². The second-order valence-electron chi connectivity index (χ2n) is 6.50. The number of aryl methyl sites for hydroxylation is 1. The van der Waals surface area contributed by atoms with Gasteiger partial charge in [0, 0.05) is 24.3 Å². The van der Waals surface area contributed by atoms with E-state index in [1.807, 2.05) is 24.3 Å². The maximum atomic E-state index is 12.2. The summed E-state index contributed by atoms with van der Waals surface area (Å²) in [7, 11) is 0. The zero-order valence-corrected chi connectivity index (χ0v) is 15.5. The summed E-state index contributed by atoms with van der Waals surface area (Å²) in [5.74, 6) is 0.00936. The molecule has 3 aromatic rings. The van der Waals surface area contributed by atoms with Crippen molar-refractivity contribution >= 4 is 33.1 Å². The van der Waals surface area contributed by atoms with Gasteiger partial charge in [-0.1, -0.05) is 6.07 Å². The first-order chi connectivity index (χ1) is 12.7. The molecule has 0 atom stereocenters. The van der Waals surface area contributed by atoms with Crippen molar-refractivity contribution in [2.45, 2.75) is 6.92 Å². The molecular formula is C20H21N3O2S. The Morgan fingerprint density at radius 1 is 1.19 bits per heavy atom. The fraction of sp³-hybridized carbons (Fsp3) is 0.300. The van der Waals surface area contributed by atoms with Crippen LogP contribution in [0.5, 0.6) is 0 Å². The molecule has 1 aromatic heterocycles. The van der Waals surface area contributed by atoms with E-state index in [1.54, 1.807) is 11.3 Å². The molecule has 0 unspecified atom stereocenters. The van der Waals surface area contributed by atoms with Gasteiger partial charge in [-0.3, -0.25) is 9.69 Å². The van der Waals surface area contributed by atoms with Crippen LogP contribution in [-0.4, -0.2) is 48.6 Å². The molecule has 0 bridgehead atoms. The highest BCUT2D eigenvalue weighted by atomic mass is 32.1. The number of anilines is 1. The van der Waals surface area contributed by atoms with Crippen LogP contribution in [0.3, 0.4) is 0 Å². The van der Waals surface area contributed by atoms with Crippen LogP contribution in [-0.2, 0) is 9.53 Å². The van der Waals surface area contributed by atoms with Crippen LogP contribution < -0.4 is 5.32 Å². The zero-order valence-electron chi connectivity index (χ0n) is 14.7. The number of carbonyl (C=O) groups excluding carboxylic acids is 1. The highest BCUT2D eigenvalue weighted by molar-refractivity contribution is 7.21. The minimum atomic E-state index is 0.00936. The Labute approximate surface area is 156 Å². The van der Waals surface area contributed by atoms with Crippen molar-refractivity contribution in [1.82, 2.24) is 9.88 Å². The molecule has 1 fully saturated rings. The molecule has 0 aliphatic carbocycles. The van der Waals surface area contributed by atoms with Gasteiger partial charge in [0.15, 0.2) is 0 Å². The van der Waals surface area contributed by atoms with Crippen LogP contribution in [0.1, 0.15) is 5.56 Å². The van der Waals surface area contributed by atoms with Crippen LogP contribution in [0.25, 0.3) is 20.8 Å². The summed E-state index contributed by atoms with van der Waals surface area (Å²) >= 11 is 1.69. The third-order valence-corrected chi connectivity index (χ3v) is 5.50. The number of nitrogens with zero attached hydrogens (tertiary/aromatic N) is 2. The molecule has 0 saturated carbocycles. The molecule has 1 aliphatic rings. The number of thiazole rings is 1. The van der Waals surface area contributed by atoms with Gasteiger partial charge in [-0.25, -0.2) is 4.98 Å². The summed E-state index contributed by atoms with van der Waals surface area (Å²) in [4.78, 5) is 19.0. The average Bonchev–Trinajstić information content (AvgIpc) is 3.06. The van der Waals surface area contributed by atoms with Crippen molar-refractivity contribution < 1.29 is 9.53 Å². The lowest BCUT2D eigenvalue weighted by Gasteiger charge is -2.25. The molecule has 26 heavy (non-hydrogen) atoms. The molecule has 1 saturated heterocycles. The van der Waals surface area contributed by atoms with Crippen LogP contribution in [0, 0.1) is 6.92 Å². The quantitative estimate of drug-likeness (QED) is 0.766. The maximum absolute atomic E-state index is 12.2. The Balaban J connectivity index is 1.43. The van der Waals surface area contributed by atoms with Gasteiger partial charge in [0.05, 0.1) is 30.0 Å². The Bertz CT molecular complexity index is 914. The van der Waals surface area contributed by atoms with E-state index in [0.717, 1.165) is 34.9 Å². The summed E-state index contributed by atoms with van der Waals surface area (Å²) in [6.45, 7) is 5.51. The van der Waals surface area contributed by atoms with E-state index in [9.17, 15) is 4.79 Å². The first-order valence-corrected chi connectivity index (χ1v) is 9.57. The number of aromatic nitrogens is 1. The number of hydrogen-bond acceptors (Lipinski definition) is 5. The van der Waals surface area contributed by atoms with Gasteiger partial charge >= 0.3 is 0 Å². The molecule has 1 N–H and O–H groups in total. The Morgan fingerprint density at radius 2 is 1.96 bits per heavy atom. The number of nitrogens with one attached hydrogen (secondary N) is 1. The molecule has 2 heterocycles. The van der Waals surface area contributed by atoms with Gasteiger partial charge < -0.3 is 10.1 Å². The fourth-order valence-corrected chi connectivity index (χ4v) is 4.08. The smallest absolute Gasteiger partial charge is 0.238 e. The number of benzene rings is 2. The predicted molar refractivity (Wildman–Crippen MR) is 106 cm³/mol. The summed E-state index contributed by atoms with van der Waals surface area (Å²) in [5, 5.41) is 3.96. The van der Waals surface area contributed by atoms with E-state index in [0.29, 0.717) is 19.8 Å². The van der Waals surface area contributed by atoms with Crippen molar-refractivity contribution in [2.75, 3.05) is 38.2 Å². The third-order valence-electron chi connectivity index (χ3n) is 4.43. The molecule has 134 valence electrons. The molecule has 5 nitrogen and oxygen atoms in total. The monoisotopic (exact) mass is 367 g/mol. The predicted octanol–water partition coefficient (Wildman–Crippen LogP) is 3.54. The van der Waals surface area contributed by atoms with Crippen LogP contribution in [0.15, 0.2) is 42.5 Å². The van der Waals surface area contributed by atoms with Crippen LogP contribution in [0.2, 0.25) is 0 Å². The van der Waals surface area contributed by atoms with E-state index >= 15 is 0 Å². The second-order valence-corrected chi connectivity index (χ2v) is 7.53. The molecule has 4 rings (SSSR count). The molecule has 6 heteroatoms. The van der Waals surface area contributed by atoms with Gasteiger partial charge in [0.2, 0.25) is 5.91 Å². The topological polar surface area (TPSA) is 54.5 Å². The highest BCUT2D eigenvalue weighted by Crippen LogP contribution is 2.31. The Hall–Kier alpha value is -2.28. The maximum Gasteiger partial charge on any atom is 0.238 e. The van der Waals surface area contributed by atoms with E-state index in [1.165, 1.54) is 10.3 Å². The van der Waals surface area contributed by atoms with Crippen molar-refractivity contribution in [2.24, 2.45) is 0 Å². The molecule has 1 amide bonds. The number of amides is 1. The molecule has 1 aliphatic heterocycles. The Morgan fingerprint density at radius 3 is 2.73 bits per heavy atom. The van der Waals surface area contributed by atoms with Crippen LogP contribution in [0.4, 0.5) is 5.69 Å². The number of morpholine rings is 1. The number of hydrogen-bond donors (Lipinski definition) is 1. The standard InChI is InChI=1S/C20H21N3O2S/c1-14-2-7-17-18(12-14)26-20(22-17)15-3-5-16(6-4-15)21-19(24)13-23-8-10-25-11-9-23/h2-7,12H,8-11,13H2,1H3,(H,21,24). The molecule has 0 spiro atoms. The third kappa shape index (κ3) is 3.93. The van der Waals surface area contributed by atoms with E-state index in [2.05, 4.69) is 35.3 Å². The van der Waals surface area contributed by atoms with Crippen molar-refractivity contribution in [3.8, 4) is 10.6 Å². The molecule has 2 aromatic carbocycles. The minimum Gasteiger partial charge on any atom is -0.379 e. The van der Waals surface area contributed by atoms with Gasteiger partial charge in [-0.05, 0) is 48.9 Å². The largest absolute Gasteiger partial charge is 0.379 e. The fourth-order valence-electron chi connectivity index (χ4n) is 3.01. The summed E-state index contributed by atoms with van der Waals surface area (Å²) in [6, 6.07) is 14.2. The van der Waals surface area contributed by atoms with E-state index in [4.69, 9.17) is 9.72 Å².